The van der Waals surface area contributed by atoms with Gasteiger partial charge in [0.15, 0.2) is 0 Å². The molecule has 8 nitrogen and oxygen atoms in total. The van der Waals surface area contributed by atoms with Gasteiger partial charge >= 0.3 is 0 Å². The van der Waals surface area contributed by atoms with Gasteiger partial charge in [0.05, 0.1) is 15.6 Å². The average Bonchev–Trinajstić information content (AvgIpc) is 2.73. The summed E-state index contributed by atoms with van der Waals surface area (Å²) in [4.78, 5) is 24.0. The van der Waals surface area contributed by atoms with Crippen LogP contribution in [-0.4, -0.2) is 60.4 Å². The number of halogens is 2. The summed E-state index contributed by atoms with van der Waals surface area (Å²) in [5.41, 5.74) is -0.324. The number of amides is 1. The Morgan fingerprint density at radius 3 is 2.43 bits per heavy atom. The molecule has 0 N–H and O–H groups in total. The minimum atomic E-state index is -3.93. The number of carbonyl (C=O) groups excluding carboxylic acids is 1. The monoisotopic (exact) mass is 457 g/mol. The normalized spacial score (nSPS) is 15.2. The molecule has 12 heteroatoms. The number of nitrogens with zero attached hydrogens (tertiary/aromatic N) is 3. The van der Waals surface area contributed by atoms with E-state index in [-0.39, 0.29) is 53.3 Å². The maximum Gasteiger partial charge on any atom is 0.270 e. The Labute approximate surface area is 175 Å². The highest BCUT2D eigenvalue weighted by atomic mass is 32.2. The van der Waals surface area contributed by atoms with Gasteiger partial charge in [-0.05, 0) is 18.2 Å². The number of thioether (sulfide) groups is 1. The van der Waals surface area contributed by atoms with Gasteiger partial charge in [-0.2, -0.15) is 4.31 Å². The summed E-state index contributed by atoms with van der Waals surface area (Å²) in [6.45, 7) is 0.345. The minimum absolute atomic E-state index is 0.0341. The fourth-order valence-electron chi connectivity index (χ4n) is 2.91. The van der Waals surface area contributed by atoms with Gasteiger partial charge in [-0.25, -0.2) is 17.2 Å². The smallest absolute Gasteiger partial charge is 0.270 e. The zero-order valence-electron chi connectivity index (χ0n) is 15.5. The predicted octanol–water partition coefficient (Wildman–Crippen LogP) is 2.50. The van der Waals surface area contributed by atoms with Crippen molar-refractivity contribution in [2.24, 2.45) is 0 Å². The van der Waals surface area contributed by atoms with Crippen LogP contribution in [0.25, 0.3) is 0 Å². The Hall–Kier alpha value is -2.57. The van der Waals surface area contributed by atoms with Crippen molar-refractivity contribution in [2.75, 3.05) is 31.9 Å². The molecule has 0 saturated carbocycles. The Balaban J connectivity index is 1.59. The van der Waals surface area contributed by atoms with E-state index in [0.717, 1.165) is 30.0 Å². The van der Waals surface area contributed by atoms with Crippen LogP contribution in [0.5, 0.6) is 0 Å². The molecule has 1 heterocycles. The van der Waals surface area contributed by atoms with Crippen LogP contribution in [0.2, 0.25) is 0 Å². The molecule has 1 saturated heterocycles. The second-order valence-electron chi connectivity index (χ2n) is 6.40. The van der Waals surface area contributed by atoms with Gasteiger partial charge in [-0.1, -0.05) is 6.07 Å². The summed E-state index contributed by atoms with van der Waals surface area (Å²) in [6, 6.07) is 7.90. The van der Waals surface area contributed by atoms with Crippen LogP contribution in [0.1, 0.15) is 0 Å². The average molecular weight is 457 g/mol. The van der Waals surface area contributed by atoms with Crippen molar-refractivity contribution in [3.05, 3.63) is 64.2 Å². The van der Waals surface area contributed by atoms with Crippen molar-refractivity contribution in [1.82, 2.24) is 9.21 Å². The van der Waals surface area contributed by atoms with Crippen LogP contribution >= 0.6 is 11.8 Å². The van der Waals surface area contributed by atoms with E-state index in [4.69, 9.17) is 0 Å². The molecule has 2 aromatic rings. The van der Waals surface area contributed by atoms with Crippen molar-refractivity contribution in [1.29, 1.82) is 0 Å². The van der Waals surface area contributed by atoms with E-state index in [2.05, 4.69) is 0 Å². The van der Waals surface area contributed by atoms with Crippen LogP contribution in [0.4, 0.5) is 14.5 Å². The second kappa shape index (κ2) is 9.06. The maximum absolute atomic E-state index is 13.7. The highest BCUT2D eigenvalue weighted by molar-refractivity contribution is 8.00. The molecule has 160 valence electrons. The number of sulfonamides is 1. The fourth-order valence-corrected chi connectivity index (χ4v) is 5.19. The third-order valence-corrected chi connectivity index (χ3v) is 7.43. The lowest BCUT2D eigenvalue weighted by Crippen LogP contribution is -2.50. The van der Waals surface area contributed by atoms with Crippen molar-refractivity contribution in [3.63, 3.8) is 0 Å². The first kappa shape index (κ1) is 22.1. The van der Waals surface area contributed by atoms with Gasteiger partial charge in [0.25, 0.3) is 5.69 Å². The number of non-ortho nitro benzene ring substituents is 1. The Morgan fingerprint density at radius 2 is 1.80 bits per heavy atom. The minimum Gasteiger partial charge on any atom is -0.339 e. The van der Waals surface area contributed by atoms with Crippen LogP contribution in [-0.2, 0) is 14.8 Å². The largest absolute Gasteiger partial charge is 0.339 e. The standard InChI is InChI=1S/C18H17F2N3O5S2/c19-13-4-5-17(16(20)10-13)29-12-18(24)21-6-8-22(9-7-21)30(27,28)15-3-1-2-14(11-15)23(25)26/h1-5,10-11H,6-9,12H2. The molecule has 1 aliphatic heterocycles. The van der Waals surface area contributed by atoms with Crippen molar-refractivity contribution >= 4 is 33.4 Å². The first-order chi connectivity index (χ1) is 14.2. The molecule has 1 aliphatic rings. The van der Waals surface area contributed by atoms with Gasteiger partial charge in [0, 0.05) is 49.3 Å². The van der Waals surface area contributed by atoms with E-state index in [1.165, 1.54) is 33.5 Å². The molecule has 0 atom stereocenters. The van der Waals surface area contributed by atoms with Gasteiger partial charge in [-0.15, -0.1) is 11.8 Å². The van der Waals surface area contributed by atoms with Gasteiger partial charge in [-0.3, -0.25) is 14.9 Å². The zero-order valence-corrected chi connectivity index (χ0v) is 17.2. The van der Waals surface area contributed by atoms with E-state index in [0.29, 0.717) is 0 Å². The van der Waals surface area contributed by atoms with E-state index in [1.807, 2.05) is 0 Å². The summed E-state index contributed by atoms with van der Waals surface area (Å²) in [5, 5.41) is 10.9. The molecule has 30 heavy (non-hydrogen) atoms. The fraction of sp³-hybridized carbons (Fsp3) is 0.278. The summed E-state index contributed by atoms with van der Waals surface area (Å²) < 4.78 is 53.3. The number of piperazine rings is 1. The molecule has 2 aromatic carbocycles. The van der Waals surface area contributed by atoms with E-state index in [1.54, 1.807) is 0 Å². The highest BCUT2D eigenvalue weighted by Gasteiger charge is 2.31. The van der Waals surface area contributed by atoms with Gasteiger partial charge in [0.2, 0.25) is 15.9 Å². The molecule has 0 unspecified atom stereocenters. The second-order valence-corrected chi connectivity index (χ2v) is 9.36. The van der Waals surface area contributed by atoms with Gasteiger partial charge < -0.3 is 4.90 Å². The highest BCUT2D eigenvalue weighted by Crippen LogP contribution is 2.24. The zero-order chi connectivity index (χ0) is 21.9. The first-order valence-corrected chi connectivity index (χ1v) is 11.2. The van der Waals surface area contributed by atoms with Crippen molar-refractivity contribution in [3.8, 4) is 0 Å². The number of hydrogen-bond donors (Lipinski definition) is 0. The number of carbonyl (C=O) groups is 1. The molecule has 0 bridgehead atoms. The number of nitro groups is 1. The van der Waals surface area contributed by atoms with Crippen molar-refractivity contribution < 1.29 is 26.9 Å². The van der Waals surface area contributed by atoms with Crippen LogP contribution in [0, 0.1) is 21.7 Å². The van der Waals surface area contributed by atoms with Crippen LogP contribution in [0.3, 0.4) is 0 Å². The summed E-state index contributed by atoms with van der Waals surface area (Å²) in [7, 11) is -3.93. The number of rotatable bonds is 6. The molecule has 0 spiro atoms. The van der Waals surface area contributed by atoms with E-state index < -0.39 is 26.6 Å². The lowest BCUT2D eigenvalue weighted by molar-refractivity contribution is -0.385. The SMILES string of the molecule is O=C(CSc1ccc(F)cc1F)N1CCN(S(=O)(=O)c2cccc([N+](=O)[O-])c2)CC1. The van der Waals surface area contributed by atoms with Crippen LogP contribution < -0.4 is 0 Å². The summed E-state index contributed by atoms with van der Waals surface area (Å²) >= 11 is 0.936. The predicted molar refractivity (Wildman–Crippen MR) is 106 cm³/mol. The molecule has 1 amide bonds. The van der Waals surface area contributed by atoms with Crippen LogP contribution in [0.15, 0.2) is 52.3 Å². The molecule has 3 rings (SSSR count). The number of benzene rings is 2. The molecule has 1 fully saturated rings. The molecule has 0 aliphatic carbocycles. The Kier molecular flexibility index (Phi) is 6.68. The Bertz CT molecular complexity index is 1070. The molecular formula is C18H17F2N3O5S2. The third-order valence-electron chi connectivity index (χ3n) is 4.50. The quantitative estimate of drug-likeness (QED) is 0.375. The molecular weight excluding hydrogens is 440 g/mol. The molecule has 0 radical (unpaired) electrons. The third kappa shape index (κ3) is 4.94. The van der Waals surface area contributed by atoms with Crippen molar-refractivity contribution in [2.45, 2.75) is 9.79 Å². The van der Waals surface area contributed by atoms with E-state index in [9.17, 15) is 32.1 Å². The number of hydrogen-bond acceptors (Lipinski definition) is 6. The topological polar surface area (TPSA) is 101 Å². The lowest BCUT2D eigenvalue weighted by atomic mass is 10.3. The summed E-state index contributed by atoms with van der Waals surface area (Å²) in [6.07, 6.45) is 0. The Morgan fingerprint density at radius 1 is 1.10 bits per heavy atom. The first-order valence-electron chi connectivity index (χ1n) is 8.79. The maximum atomic E-state index is 13.7. The summed E-state index contributed by atoms with van der Waals surface area (Å²) in [5.74, 6) is -1.82. The lowest BCUT2D eigenvalue weighted by Gasteiger charge is -2.34. The molecule has 0 aromatic heterocycles. The van der Waals surface area contributed by atoms with Gasteiger partial charge in [0.1, 0.15) is 11.6 Å². The van der Waals surface area contributed by atoms with E-state index >= 15 is 0 Å². The number of nitro benzene ring substituents is 1.